The second kappa shape index (κ2) is 4.41. The maximum Gasteiger partial charge on any atom is 0.314 e. The van der Waals surface area contributed by atoms with Crippen molar-refractivity contribution >= 4 is 5.97 Å². The summed E-state index contributed by atoms with van der Waals surface area (Å²) in [6, 6.07) is 5.87. The number of carbonyl (C=O) groups is 1. The number of hydrogen-bond acceptors (Lipinski definition) is 2. The van der Waals surface area contributed by atoms with Crippen LogP contribution in [0.2, 0.25) is 0 Å². The predicted molar refractivity (Wildman–Crippen MR) is 72.5 cm³/mol. The number of fused-ring (bicyclic) bond motifs is 3. The Kier molecular flexibility index (Phi) is 2.85. The Morgan fingerprint density at radius 3 is 3.00 bits per heavy atom. The van der Waals surface area contributed by atoms with Gasteiger partial charge in [0.25, 0.3) is 0 Å². The Balaban J connectivity index is 2.21. The number of methoxy groups -OCH3 is 1. The predicted octanol–water partition coefficient (Wildman–Crippen LogP) is 2.93. The maximum atomic E-state index is 12.0. The summed E-state index contributed by atoms with van der Waals surface area (Å²) in [6.45, 7) is 0. The molecule has 0 spiro atoms. The average Bonchev–Trinajstić information content (AvgIpc) is 2.46. The van der Waals surface area contributed by atoms with Crippen LogP contribution in [0.5, 0.6) is 5.75 Å². The molecule has 19 heavy (non-hydrogen) atoms. The number of allylic oxidation sites excluding steroid dienone is 2. The minimum Gasteiger partial charge on any atom is -0.497 e. The summed E-state index contributed by atoms with van der Waals surface area (Å²) < 4.78 is 5.27. The SMILES string of the molecule is COc1ccc2c(c1)[C@]1(C(=O)O)CC=CC[C@@H]1CC2. The van der Waals surface area contributed by atoms with E-state index in [0.717, 1.165) is 36.1 Å². The molecule has 0 fully saturated rings. The van der Waals surface area contributed by atoms with E-state index in [1.54, 1.807) is 7.11 Å². The van der Waals surface area contributed by atoms with E-state index >= 15 is 0 Å². The zero-order valence-electron chi connectivity index (χ0n) is 11.1. The molecule has 2 aliphatic carbocycles. The van der Waals surface area contributed by atoms with Crippen LogP contribution in [0.25, 0.3) is 0 Å². The lowest BCUT2D eigenvalue weighted by molar-refractivity contribution is -0.147. The highest BCUT2D eigenvalue weighted by Gasteiger charge is 2.50. The van der Waals surface area contributed by atoms with Crippen molar-refractivity contribution in [3.8, 4) is 5.75 Å². The van der Waals surface area contributed by atoms with Gasteiger partial charge in [-0.15, -0.1) is 0 Å². The molecule has 1 aromatic carbocycles. The highest BCUT2D eigenvalue weighted by Crippen LogP contribution is 2.49. The van der Waals surface area contributed by atoms with Crippen LogP contribution < -0.4 is 4.74 Å². The molecule has 0 saturated heterocycles. The van der Waals surface area contributed by atoms with Crippen LogP contribution in [0.3, 0.4) is 0 Å². The molecule has 0 saturated carbocycles. The van der Waals surface area contributed by atoms with Crippen molar-refractivity contribution in [2.24, 2.45) is 5.92 Å². The van der Waals surface area contributed by atoms with Crippen LogP contribution in [0.4, 0.5) is 0 Å². The summed E-state index contributed by atoms with van der Waals surface area (Å²) in [5.41, 5.74) is 1.37. The molecule has 0 amide bonds. The fourth-order valence-electron chi connectivity index (χ4n) is 3.61. The van der Waals surface area contributed by atoms with E-state index in [1.165, 1.54) is 0 Å². The first kappa shape index (κ1) is 12.3. The van der Waals surface area contributed by atoms with Gasteiger partial charge in [-0.2, -0.15) is 0 Å². The molecule has 2 aliphatic rings. The van der Waals surface area contributed by atoms with E-state index in [9.17, 15) is 9.90 Å². The summed E-state index contributed by atoms with van der Waals surface area (Å²) >= 11 is 0. The Morgan fingerprint density at radius 1 is 1.42 bits per heavy atom. The number of carboxylic acid groups (broad SMARTS) is 1. The van der Waals surface area contributed by atoms with Crippen LogP contribution in [0, 0.1) is 5.92 Å². The van der Waals surface area contributed by atoms with Gasteiger partial charge < -0.3 is 9.84 Å². The topological polar surface area (TPSA) is 46.5 Å². The van der Waals surface area contributed by atoms with Gasteiger partial charge in [-0.05, 0) is 54.9 Å². The van der Waals surface area contributed by atoms with Gasteiger partial charge in [-0.1, -0.05) is 18.2 Å². The quantitative estimate of drug-likeness (QED) is 0.830. The number of benzene rings is 1. The minimum absolute atomic E-state index is 0.203. The number of hydrogen-bond donors (Lipinski definition) is 1. The lowest BCUT2D eigenvalue weighted by Crippen LogP contribution is -2.47. The first-order valence-corrected chi connectivity index (χ1v) is 6.74. The first-order chi connectivity index (χ1) is 9.18. The molecule has 3 rings (SSSR count). The van der Waals surface area contributed by atoms with Crippen molar-refractivity contribution in [3.63, 3.8) is 0 Å². The van der Waals surface area contributed by atoms with Crippen molar-refractivity contribution in [1.82, 2.24) is 0 Å². The molecule has 3 heteroatoms. The van der Waals surface area contributed by atoms with Crippen molar-refractivity contribution in [2.75, 3.05) is 7.11 Å². The normalized spacial score (nSPS) is 28.4. The smallest absolute Gasteiger partial charge is 0.314 e. The van der Waals surface area contributed by atoms with Crippen LogP contribution >= 0.6 is 0 Å². The number of aryl methyl sites for hydroxylation is 1. The van der Waals surface area contributed by atoms with E-state index < -0.39 is 11.4 Å². The average molecular weight is 258 g/mol. The van der Waals surface area contributed by atoms with E-state index in [1.807, 2.05) is 24.3 Å². The zero-order valence-corrected chi connectivity index (χ0v) is 11.1. The highest BCUT2D eigenvalue weighted by atomic mass is 16.5. The molecule has 1 aromatic rings. The van der Waals surface area contributed by atoms with E-state index in [-0.39, 0.29) is 5.92 Å². The fraction of sp³-hybridized carbons (Fsp3) is 0.438. The Labute approximate surface area is 112 Å². The molecule has 0 heterocycles. The van der Waals surface area contributed by atoms with Gasteiger partial charge >= 0.3 is 5.97 Å². The molecule has 100 valence electrons. The van der Waals surface area contributed by atoms with Gasteiger partial charge in [0.05, 0.1) is 12.5 Å². The molecular formula is C16H18O3. The Hall–Kier alpha value is -1.77. The standard InChI is InChI=1S/C16H18O3/c1-19-13-8-6-11-5-7-12-4-2-3-9-16(12,15(17)18)14(11)10-13/h2-3,6,8,10,12H,4-5,7,9H2,1H3,(H,17,18)/t12-,16+/m1/s1. The first-order valence-electron chi connectivity index (χ1n) is 6.74. The van der Waals surface area contributed by atoms with Crippen molar-refractivity contribution in [1.29, 1.82) is 0 Å². The van der Waals surface area contributed by atoms with Gasteiger partial charge in [-0.3, -0.25) is 4.79 Å². The number of aliphatic carboxylic acids is 1. The molecule has 0 radical (unpaired) electrons. The summed E-state index contributed by atoms with van der Waals surface area (Å²) in [6.07, 6.45) is 7.51. The van der Waals surface area contributed by atoms with Crippen LogP contribution in [0.15, 0.2) is 30.4 Å². The van der Waals surface area contributed by atoms with E-state index in [0.29, 0.717) is 6.42 Å². The van der Waals surface area contributed by atoms with Gasteiger partial charge in [0.1, 0.15) is 5.75 Å². The molecule has 0 aliphatic heterocycles. The lowest BCUT2D eigenvalue weighted by atomic mass is 9.59. The van der Waals surface area contributed by atoms with Gasteiger partial charge in [-0.25, -0.2) is 0 Å². The monoisotopic (exact) mass is 258 g/mol. The molecule has 1 N–H and O–H groups in total. The third kappa shape index (κ3) is 1.68. The third-order valence-electron chi connectivity index (χ3n) is 4.67. The largest absolute Gasteiger partial charge is 0.497 e. The Morgan fingerprint density at radius 2 is 2.26 bits per heavy atom. The summed E-state index contributed by atoms with van der Waals surface area (Å²) in [5.74, 6) is 0.250. The van der Waals surface area contributed by atoms with Gasteiger partial charge in [0.15, 0.2) is 0 Å². The number of ether oxygens (including phenoxy) is 1. The molecular weight excluding hydrogens is 240 g/mol. The zero-order chi connectivity index (χ0) is 13.5. The van der Waals surface area contributed by atoms with Crippen molar-refractivity contribution in [2.45, 2.75) is 31.1 Å². The summed E-state index contributed by atoms with van der Waals surface area (Å²) in [5, 5.41) is 9.86. The summed E-state index contributed by atoms with van der Waals surface area (Å²) in [4.78, 5) is 12.0. The molecule has 2 atom stereocenters. The lowest BCUT2D eigenvalue weighted by Gasteiger charge is -2.43. The highest BCUT2D eigenvalue weighted by molar-refractivity contribution is 5.84. The number of carboxylic acids is 1. The second-order valence-electron chi connectivity index (χ2n) is 5.45. The number of rotatable bonds is 2. The van der Waals surface area contributed by atoms with Crippen LogP contribution in [0.1, 0.15) is 30.4 Å². The summed E-state index contributed by atoms with van der Waals surface area (Å²) in [7, 11) is 1.62. The molecule has 0 aromatic heterocycles. The fourth-order valence-corrected chi connectivity index (χ4v) is 3.61. The minimum atomic E-state index is -0.753. The maximum absolute atomic E-state index is 12.0. The van der Waals surface area contributed by atoms with E-state index in [2.05, 4.69) is 6.08 Å². The van der Waals surface area contributed by atoms with Gasteiger partial charge in [0, 0.05) is 0 Å². The second-order valence-corrected chi connectivity index (χ2v) is 5.45. The van der Waals surface area contributed by atoms with Crippen molar-refractivity contribution < 1.29 is 14.6 Å². The van der Waals surface area contributed by atoms with Crippen LogP contribution in [-0.2, 0) is 16.6 Å². The Bertz CT molecular complexity index is 547. The third-order valence-corrected chi connectivity index (χ3v) is 4.67. The van der Waals surface area contributed by atoms with Gasteiger partial charge in [0.2, 0.25) is 0 Å². The van der Waals surface area contributed by atoms with Crippen molar-refractivity contribution in [3.05, 3.63) is 41.5 Å². The van der Waals surface area contributed by atoms with E-state index in [4.69, 9.17) is 4.74 Å². The molecule has 3 nitrogen and oxygen atoms in total. The van der Waals surface area contributed by atoms with Crippen LogP contribution in [-0.4, -0.2) is 18.2 Å². The molecule has 0 bridgehead atoms. The molecule has 0 unspecified atom stereocenters.